The third-order valence-electron chi connectivity index (χ3n) is 4.86. The molecule has 0 atom stereocenters. The standard InChI is InChI=1S/C20H23N5O/c1-14-12-21-15(2)20(22-14)25-10-8-24(9-11-25)13-17-7-6-16-4-3-5-18(26)19(16)23-17/h3-7,12,26H,8-11,13H2,1-2H3. The third-order valence-corrected chi connectivity index (χ3v) is 4.86. The van der Waals surface area contributed by atoms with Crippen molar-refractivity contribution in [1.82, 2.24) is 19.9 Å². The van der Waals surface area contributed by atoms with E-state index < -0.39 is 0 Å². The molecular weight excluding hydrogens is 326 g/mol. The Morgan fingerprint density at radius 3 is 2.62 bits per heavy atom. The van der Waals surface area contributed by atoms with Gasteiger partial charge in [-0.05, 0) is 26.0 Å². The molecule has 1 N–H and O–H groups in total. The van der Waals surface area contributed by atoms with Crippen molar-refractivity contribution in [3.63, 3.8) is 0 Å². The smallest absolute Gasteiger partial charge is 0.150 e. The second-order valence-electron chi connectivity index (χ2n) is 6.84. The number of aromatic hydroxyl groups is 1. The molecule has 2 aromatic heterocycles. The van der Waals surface area contributed by atoms with Crippen LogP contribution in [0.4, 0.5) is 5.82 Å². The predicted octanol–water partition coefficient (Wildman–Crippen LogP) is 2.67. The molecule has 3 heterocycles. The maximum absolute atomic E-state index is 10.0. The Labute approximate surface area is 153 Å². The zero-order valence-corrected chi connectivity index (χ0v) is 15.2. The number of fused-ring (bicyclic) bond motifs is 1. The summed E-state index contributed by atoms with van der Waals surface area (Å²) in [5.74, 6) is 1.24. The van der Waals surface area contributed by atoms with Crippen molar-refractivity contribution in [1.29, 1.82) is 0 Å². The minimum atomic E-state index is 0.239. The van der Waals surface area contributed by atoms with Gasteiger partial charge in [0.2, 0.25) is 0 Å². The largest absolute Gasteiger partial charge is 0.506 e. The van der Waals surface area contributed by atoms with Gasteiger partial charge in [0.25, 0.3) is 0 Å². The van der Waals surface area contributed by atoms with Crippen LogP contribution in [-0.4, -0.2) is 51.1 Å². The number of phenols is 1. The van der Waals surface area contributed by atoms with Crippen molar-refractivity contribution in [2.45, 2.75) is 20.4 Å². The highest BCUT2D eigenvalue weighted by molar-refractivity contribution is 5.84. The SMILES string of the molecule is Cc1cnc(C)c(N2CCN(Cc3ccc4cccc(O)c4n3)CC2)n1. The molecule has 0 unspecified atom stereocenters. The lowest BCUT2D eigenvalue weighted by Crippen LogP contribution is -2.46. The van der Waals surface area contributed by atoms with E-state index >= 15 is 0 Å². The van der Waals surface area contributed by atoms with Gasteiger partial charge in [-0.1, -0.05) is 18.2 Å². The maximum atomic E-state index is 10.0. The number of pyridine rings is 1. The first kappa shape index (κ1) is 16.7. The molecule has 1 aromatic carbocycles. The number of hydrogen-bond acceptors (Lipinski definition) is 6. The van der Waals surface area contributed by atoms with Gasteiger partial charge < -0.3 is 10.0 Å². The first-order valence-electron chi connectivity index (χ1n) is 8.95. The van der Waals surface area contributed by atoms with Gasteiger partial charge in [0.1, 0.15) is 17.1 Å². The molecule has 1 aliphatic rings. The minimum Gasteiger partial charge on any atom is -0.506 e. The van der Waals surface area contributed by atoms with Crippen LogP contribution in [0.15, 0.2) is 36.5 Å². The number of rotatable bonds is 3. The minimum absolute atomic E-state index is 0.239. The molecule has 0 bridgehead atoms. The lowest BCUT2D eigenvalue weighted by atomic mass is 10.2. The van der Waals surface area contributed by atoms with Crippen LogP contribution in [0.1, 0.15) is 17.1 Å². The van der Waals surface area contributed by atoms with E-state index in [1.165, 1.54) is 0 Å². The van der Waals surface area contributed by atoms with Crippen molar-refractivity contribution < 1.29 is 5.11 Å². The Morgan fingerprint density at radius 2 is 1.81 bits per heavy atom. The molecule has 0 radical (unpaired) electrons. The van der Waals surface area contributed by atoms with Crippen molar-refractivity contribution in [2.24, 2.45) is 0 Å². The van der Waals surface area contributed by atoms with E-state index in [0.29, 0.717) is 5.52 Å². The molecule has 3 aromatic rings. The van der Waals surface area contributed by atoms with Gasteiger partial charge in [0, 0.05) is 44.3 Å². The van der Waals surface area contributed by atoms with Gasteiger partial charge in [0.15, 0.2) is 0 Å². The van der Waals surface area contributed by atoms with Crippen LogP contribution in [-0.2, 0) is 6.54 Å². The van der Waals surface area contributed by atoms with E-state index in [9.17, 15) is 5.11 Å². The molecule has 0 amide bonds. The number of aryl methyl sites for hydroxylation is 2. The molecule has 1 aliphatic heterocycles. The Kier molecular flexibility index (Phi) is 4.42. The number of nitrogens with zero attached hydrogens (tertiary/aromatic N) is 5. The lowest BCUT2D eigenvalue weighted by Gasteiger charge is -2.35. The van der Waals surface area contributed by atoms with Crippen LogP contribution in [0.2, 0.25) is 0 Å². The Morgan fingerprint density at radius 1 is 1.00 bits per heavy atom. The summed E-state index contributed by atoms with van der Waals surface area (Å²) in [4.78, 5) is 18.4. The number of phenolic OH excluding ortho intramolecular Hbond substituents is 1. The van der Waals surface area contributed by atoms with Gasteiger partial charge in [-0.2, -0.15) is 0 Å². The highest BCUT2D eigenvalue weighted by Crippen LogP contribution is 2.23. The van der Waals surface area contributed by atoms with E-state index in [0.717, 1.165) is 61.0 Å². The van der Waals surface area contributed by atoms with Gasteiger partial charge in [0.05, 0.1) is 17.1 Å². The van der Waals surface area contributed by atoms with Crippen LogP contribution < -0.4 is 4.90 Å². The molecule has 0 saturated carbocycles. The number of aromatic nitrogens is 3. The van der Waals surface area contributed by atoms with E-state index in [-0.39, 0.29) is 5.75 Å². The van der Waals surface area contributed by atoms with Gasteiger partial charge in [-0.15, -0.1) is 0 Å². The van der Waals surface area contributed by atoms with Crippen molar-refractivity contribution in [3.8, 4) is 5.75 Å². The van der Waals surface area contributed by atoms with Crippen molar-refractivity contribution >= 4 is 16.7 Å². The summed E-state index contributed by atoms with van der Waals surface area (Å²) in [7, 11) is 0. The fourth-order valence-corrected chi connectivity index (χ4v) is 3.43. The van der Waals surface area contributed by atoms with Crippen LogP contribution in [0.5, 0.6) is 5.75 Å². The number of anilines is 1. The highest BCUT2D eigenvalue weighted by Gasteiger charge is 2.20. The number of para-hydroxylation sites is 1. The summed E-state index contributed by atoms with van der Waals surface area (Å²) >= 11 is 0. The average molecular weight is 349 g/mol. The number of piperazine rings is 1. The second kappa shape index (κ2) is 6.88. The Balaban J connectivity index is 1.44. The predicted molar refractivity (Wildman–Crippen MR) is 102 cm³/mol. The fraction of sp³-hybridized carbons (Fsp3) is 0.350. The molecule has 6 heteroatoms. The van der Waals surface area contributed by atoms with Crippen molar-refractivity contribution in [2.75, 3.05) is 31.1 Å². The summed E-state index contributed by atoms with van der Waals surface area (Å²) in [5.41, 5.74) is 3.59. The van der Waals surface area contributed by atoms with Crippen LogP contribution in [0.3, 0.4) is 0 Å². The zero-order chi connectivity index (χ0) is 18.1. The van der Waals surface area contributed by atoms with Gasteiger partial charge in [-0.3, -0.25) is 9.88 Å². The topological polar surface area (TPSA) is 65.4 Å². The Hall–Kier alpha value is -2.73. The molecule has 4 rings (SSSR count). The number of benzene rings is 1. The quantitative estimate of drug-likeness (QED) is 0.784. The number of hydrogen-bond donors (Lipinski definition) is 1. The molecule has 0 spiro atoms. The van der Waals surface area contributed by atoms with Crippen molar-refractivity contribution in [3.05, 3.63) is 53.6 Å². The fourth-order valence-electron chi connectivity index (χ4n) is 3.43. The molecule has 6 nitrogen and oxygen atoms in total. The molecule has 26 heavy (non-hydrogen) atoms. The van der Waals surface area contributed by atoms with Crippen LogP contribution in [0.25, 0.3) is 10.9 Å². The summed E-state index contributed by atoms with van der Waals surface area (Å²) in [6, 6.07) is 9.57. The normalized spacial score (nSPS) is 15.5. The first-order valence-corrected chi connectivity index (χ1v) is 8.95. The van der Waals surface area contributed by atoms with Gasteiger partial charge >= 0.3 is 0 Å². The van der Waals surface area contributed by atoms with E-state index in [1.54, 1.807) is 6.07 Å². The van der Waals surface area contributed by atoms with Crippen LogP contribution in [0, 0.1) is 13.8 Å². The molecular formula is C20H23N5O. The molecule has 1 fully saturated rings. The van der Waals surface area contributed by atoms with E-state index in [1.807, 2.05) is 44.3 Å². The first-order chi connectivity index (χ1) is 12.6. The molecule has 0 aliphatic carbocycles. The molecule has 1 saturated heterocycles. The summed E-state index contributed by atoms with van der Waals surface area (Å²) in [6.07, 6.45) is 1.82. The lowest BCUT2D eigenvalue weighted by molar-refractivity contribution is 0.246. The second-order valence-corrected chi connectivity index (χ2v) is 6.84. The highest BCUT2D eigenvalue weighted by atomic mass is 16.3. The maximum Gasteiger partial charge on any atom is 0.150 e. The summed E-state index contributed by atoms with van der Waals surface area (Å²) in [6.45, 7) is 8.55. The monoisotopic (exact) mass is 349 g/mol. The van der Waals surface area contributed by atoms with Crippen LogP contribution >= 0.6 is 0 Å². The summed E-state index contributed by atoms with van der Waals surface area (Å²) < 4.78 is 0. The average Bonchev–Trinajstić information content (AvgIpc) is 2.65. The Bertz CT molecular complexity index is 935. The molecule has 134 valence electrons. The van der Waals surface area contributed by atoms with Gasteiger partial charge in [-0.25, -0.2) is 9.97 Å². The third kappa shape index (κ3) is 3.32. The van der Waals surface area contributed by atoms with E-state index in [4.69, 9.17) is 0 Å². The van der Waals surface area contributed by atoms with E-state index in [2.05, 4.69) is 24.8 Å². The summed E-state index contributed by atoms with van der Waals surface area (Å²) in [5, 5.41) is 11.0. The zero-order valence-electron chi connectivity index (χ0n) is 15.2.